The van der Waals surface area contributed by atoms with Crippen LogP contribution in [0.5, 0.6) is 0 Å². The van der Waals surface area contributed by atoms with Gasteiger partial charge < -0.3 is 15.4 Å². The van der Waals surface area contributed by atoms with Crippen molar-refractivity contribution in [1.29, 1.82) is 0 Å². The van der Waals surface area contributed by atoms with Gasteiger partial charge >= 0.3 is 12.0 Å². The quantitative estimate of drug-likeness (QED) is 0.404. The van der Waals surface area contributed by atoms with E-state index in [0.717, 1.165) is 24.2 Å². The molecule has 2 aliphatic rings. The predicted octanol–water partition coefficient (Wildman–Crippen LogP) is 0.701. The summed E-state index contributed by atoms with van der Waals surface area (Å²) in [6.07, 6.45) is 4.81. The minimum Gasteiger partial charge on any atom is -0.466 e. The molecule has 134 valence electrons. The van der Waals surface area contributed by atoms with Crippen LogP contribution < -0.4 is 10.6 Å². The molecule has 2 fully saturated rings. The first-order valence-electron chi connectivity index (χ1n) is 8.55. The maximum absolute atomic E-state index is 12.5. The van der Waals surface area contributed by atoms with Gasteiger partial charge in [0.1, 0.15) is 12.1 Å². The molecule has 2 N–H and O–H groups in total. The summed E-state index contributed by atoms with van der Waals surface area (Å²) in [6, 6.07) is -0.497. The highest BCUT2D eigenvalue weighted by Crippen LogP contribution is 2.33. The molecule has 1 saturated carbocycles. The molecular formula is C16H25N3O5. The van der Waals surface area contributed by atoms with E-state index in [4.69, 9.17) is 4.74 Å². The van der Waals surface area contributed by atoms with Crippen LogP contribution in [0.1, 0.15) is 51.9 Å². The largest absolute Gasteiger partial charge is 0.466 e. The predicted molar refractivity (Wildman–Crippen MR) is 84.9 cm³/mol. The molecule has 2 rings (SSSR count). The van der Waals surface area contributed by atoms with Gasteiger partial charge in [-0.3, -0.25) is 19.3 Å². The third-order valence-corrected chi connectivity index (χ3v) is 4.44. The Morgan fingerprint density at radius 2 is 1.96 bits per heavy atom. The smallest absolute Gasteiger partial charge is 0.325 e. The average molecular weight is 339 g/mol. The topological polar surface area (TPSA) is 105 Å². The fraction of sp³-hybridized carbons (Fsp3) is 0.750. The van der Waals surface area contributed by atoms with Crippen LogP contribution in [-0.4, -0.2) is 54.0 Å². The normalized spacial score (nSPS) is 19.3. The van der Waals surface area contributed by atoms with Gasteiger partial charge in [-0.05, 0) is 26.2 Å². The molecule has 4 amide bonds. The highest BCUT2D eigenvalue weighted by atomic mass is 16.5. The van der Waals surface area contributed by atoms with Gasteiger partial charge in [0.05, 0.1) is 6.61 Å². The van der Waals surface area contributed by atoms with E-state index in [1.165, 1.54) is 0 Å². The van der Waals surface area contributed by atoms with Crippen molar-refractivity contribution < 1.29 is 23.9 Å². The molecule has 0 atom stereocenters. The van der Waals surface area contributed by atoms with E-state index >= 15 is 0 Å². The van der Waals surface area contributed by atoms with Crippen molar-refractivity contribution in [2.24, 2.45) is 0 Å². The van der Waals surface area contributed by atoms with Gasteiger partial charge in [-0.15, -0.1) is 0 Å². The number of amides is 4. The first-order valence-corrected chi connectivity index (χ1v) is 8.55. The molecule has 8 heteroatoms. The zero-order valence-electron chi connectivity index (χ0n) is 14.1. The molecule has 0 aromatic carbocycles. The van der Waals surface area contributed by atoms with Crippen LogP contribution in [0.4, 0.5) is 4.79 Å². The second kappa shape index (κ2) is 8.12. The van der Waals surface area contributed by atoms with Crippen LogP contribution in [0.25, 0.3) is 0 Å². The second-order valence-electron chi connectivity index (χ2n) is 6.22. The summed E-state index contributed by atoms with van der Waals surface area (Å²) in [4.78, 5) is 48.7. The number of nitrogens with one attached hydrogen (secondary N) is 2. The molecule has 1 saturated heterocycles. The summed E-state index contributed by atoms with van der Waals surface area (Å²) >= 11 is 0. The van der Waals surface area contributed by atoms with Crippen molar-refractivity contribution in [3.63, 3.8) is 0 Å². The first kappa shape index (κ1) is 18.2. The fourth-order valence-electron chi connectivity index (χ4n) is 3.21. The standard InChI is InChI=1S/C16H25N3O5/c1-2-24-13(21)7-6-10-17-12(20)11-19-14(22)16(18-15(19)23)8-4-3-5-9-16/h2-11H2,1H3,(H,17,20)(H,18,23). The van der Waals surface area contributed by atoms with Gasteiger partial charge in [-0.2, -0.15) is 0 Å². The summed E-state index contributed by atoms with van der Waals surface area (Å²) in [7, 11) is 0. The first-order chi connectivity index (χ1) is 11.5. The van der Waals surface area contributed by atoms with Crippen molar-refractivity contribution >= 4 is 23.8 Å². The van der Waals surface area contributed by atoms with Crippen LogP contribution in [0.15, 0.2) is 0 Å². The molecule has 0 aromatic heterocycles. The minimum atomic E-state index is -0.806. The summed E-state index contributed by atoms with van der Waals surface area (Å²) < 4.78 is 4.79. The number of hydrogen-bond donors (Lipinski definition) is 2. The number of carbonyl (C=O) groups excluding carboxylic acids is 4. The zero-order valence-corrected chi connectivity index (χ0v) is 14.1. The summed E-state index contributed by atoms with van der Waals surface area (Å²) in [5.74, 6) is -1.01. The number of imide groups is 1. The maximum Gasteiger partial charge on any atom is 0.325 e. The van der Waals surface area contributed by atoms with Crippen LogP contribution in [0, 0.1) is 0 Å². The lowest BCUT2D eigenvalue weighted by molar-refractivity contribution is -0.143. The Morgan fingerprint density at radius 1 is 1.25 bits per heavy atom. The molecule has 1 heterocycles. The van der Waals surface area contributed by atoms with Crippen LogP contribution in [0.3, 0.4) is 0 Å². The Kier molecular flexibility index (Phi) is 6.16. The van der Waals surface area contributed by atoms with Gasteiger partial charge in [0.25, 0.3) is 5.91 Å². The van der Waals surface area contributed by atoms with E-state index in [1.807, 2.05) is 0 Å². The van der Waals surface area contributed by atoms with E-state index in [-0.39, 0.29) is 24.8 Å². The van der Waals surface area contributed by atoms with E-state index in [0.29, 0.717) is 32.4 Å². The van der Waals surface area contributed by atoms with E-state index in [1.54, 1.807) is 6.92 Å². The van der Waals surface area contributed by atoms with Crippen LogP contribution in [-0.2, 0) is 19.1 Å². The van der Waals surface area contributed by atoms with Gasteiger partial charge in [0.2, 0.25) is 5.91 Å². The molecule has 0 unspecified atom stereocenters. The Hall–Kier alpha value is -2.12. The van der Waals surface area contributed by atoms with Crippen molar-refractivity contribution in [3.8, 4) is 0 Å². The second-order valence-corrected chi connectivity index (χ2v) is 6.22. The molecule has 1 spiro atoms. The van der Waals surface area contributed by atoms with Gasteiger partial charge in [-0.25, -0.2) is 4.79 Å². The molecule has 0 bridgehead atoms. The fourth-order valence-corrected chi connectivity index (χ4v) is 3.21. The molecule has 1 aliphatic carbocycles. The highest BCUT2D eigenvalue weighted by molar-refractivity contribution is 6.09. The van der Waals surface area contributed by atoms with Crippen molar-refractivity contribution in [3.05, 3.63) is 0 Å². The van der Waals surface area contributed by atoms with Crippen LogP contribution in [0.2, 0.25) is 0 Å². The number of rotatable bonds is 7. The Morgan fingerprint density at radius 3 is 2.62 bits per heavy atom. The van der Waals surface area contributed by atoms with E-state index < -0.39 is 17.5 Å². The number of nitrogens with zero attached hydrogens (tertiary/aromatic N) is 1. The summed E-state index contributed by atoms with van der Waals surface area (Å²) in [6.45, 7) is 2.08. The summed E-state index contributed by atoms with van der Waals surface area (Å²) in [5.41, 5.74) is -0.806. The lowest BCUT2D eigenvalue weighted by Gasteiger charge is -2.30. The average Bonchev–Trinajstić information content (AvgIpc) is 2.77. The number of esters is 1. The lowest BCUT2D eigenvalue weighted by Crippen LogP contribution is -2.49. The summed E-state index contributed by atoms with van der Waals surface area (Å²) in [5, 5.41) is 5.39. The van der Waals surface area contributed by atoms with E-state index in [9.17, 15) is 19.2 Å². The van der Waals surface area contributed by atoms with Crippen molar-refractivity contribution in [2.75, 3.05) is 19.7 Å². The monoisotopic (exact) mass is 339 g/mol. The van der Waals surface area contributed by atoms with Crippen molar-refractivity contribution in [1.82, 2.24) is 15.5 Å². The Balaban J connectivity index is 1.76. The molecule has 0 aromatic rings. The lowest BCUT2D eigenvalue weighted by atomic mass is 9.82. The van der Waals surface area contributed by atoms with Gasteiger partial charge in [0, 0.05) is 13.0 Å². The minimum absolute atomic E-state index is 0.223. The van der Waals surface area contributed by atoms with Gasteiger partial charge in [-0.1, -0.05) is 19.3 Å². The third-order valence-electron chi connectivity index (χ3n) is 4.44. The van der Waals surface area contributed by atoms with Crippen LogP contribution >= 0.6 is 0 Å². The number of carbonyl (C=O) groups is 4. The molecule has 1 aliphatic heterocycles. The number of hydrogen-bond acceptors (Lipinski definition) is 5. The third kappa shape index (κ3) is 4.24. The number of urea groups is 1. The zero-order chi connectivity index (χ0) is 17.6. The molecule has 24 heavy (non-hydrogen) atoms. The Bertz CT molecular complexity index is 514. The van der Waals surface area contributed by atoms with Crippen molar-refractivity contribution in [2.45, 2.75) is 57.4 Å². The Labute approximate surface area is 141 Å². The molecule has 8 nitrogen and oxygen atoms in total. The maximum atomic E-state index is 12.5. The SMILES string of the molecule is CCOC(=O)CCCNC(=O)CN1C(=O)NC2(CCCCC2)C1=O. The highest BCUT2D eigenvalue weighted by Gasteiger charge is 2.51. The molecular weight excluding hydrogens is 314 g/mol. The van der Waals surface area contributed by atoms with E-state index in [2.05, 4.69) is 10.6 Å². The van der Waals surface area contributed by atoms with Gasteiger partial charge in [0.15, 0.2) is 0 Å². The number of ether oxygens (including phenoxy) is 1. The molecule has 0 radical (unpaired) electrons.